The average Bonchev–Trinajstić information content (AvgIpc) is 2.71. The Morgan fingerprint density at radius 1 is 1.41 bits per heavy atom. The van der Waals surface area contributed by atoms with Crippen molar-refractivity contribution < 1.29 is 4.74 Å². The number of aliphatic imine (C=N–C) groups is 1. The van der Waals surface area contributed by atoms with Gasteiger partial charge in [-0.3, -0.25) is 4.99 Å². The van der Waals surface area contributed by atoms with E-state index in [1.54, 1.807) is 0 Å². The standard InChI is InChI=1S/C14H17NOS/c1-10-3-2-6-15-12(9-10)14-11-5-8-17-13(11)4-7-16-14/h5,8-9,14H,2-4,6-7H2,1H3. The molecular weight excluding hydrogens is 230 g/mol. The van der Waals surface area contributed by atoms with Crippen LogP contribution >= 0.6 is 11.3 Å². The lowest BCUT2D eigenvalue weighted by molar-refractivity contribution is 0.0897. The van der Waals surface area contributed by atoms with Crippen LogP contribution in [0.1, 0.15) is 36.3 Å². The van der Waals surface area contributed by atoms with E-state index >= 15 is 0 Å². The highest BCUT2D eigenvalue weighted by Crippen LogP contribution is 2.33. The molecule has 0 amide bonds. The fourth-order valence-corrected chi connectivity index (χ4v) is 3.38. The molecule has 0 N–H and O–H groups in total. The van der Waals surface area contributed by atoms with E-state index in [1.165, 1.54) is 16.0 Å². The summed E-state index contributed by atoms with van der Waals surface area (Å²) in [4.78, 5) is 6.17. The third-order valence-corrected chi connectivity index (χ3v) is 4.36. The minimum atomic E-state index is 0.0815. The Morgan fingerprint density at radius 2 is 2.35 bits per heavy atom. The zero-order valence-corrected chi connectivity index (χ0v) is 10.9. The van der Waals surface area contributed by atoms with E-state index in [-0.39, 0.29) is 6.10 Å². The Morgan fingerprint density at radius 3 is 3.29 bits per heavy atom. The number of hydrogen-bond acceptors (Lipinski definition) is 3. The van der Waals surface area contributed by atoms with Crippen molar-refractivity contribution in [2.24, 2.45) is 4.99 Å². The van der Waals surface area contributed by atoms with E-state index in [9.17, 15) is 0 Å². The zero-order valence-electron chi connectivity index (χ0n) is 10.1. The topological polar surface area (TPSA) is 21.6 Å². The highest BCUT2D eigenvalue weighted by atomic mass is 32.1. The van der Waals surface area contributed by atoms with Crippen molar-refractivity contribution in [1.29, 1.82) is 0 Å². The van der Waals surface area contributed by atoms with Gasteiger partial charge < -0.3 is 4.74 Å². The molecule has 0 aliphatic carbocycles. The predicted octanol–water partition coefficient (Wildman–Crippen LogP) is 3.54. The fourth-order valence-electron chi connectivity index (χ4n) is 2.49. The number of hydrogen-bond donors (Lipinski definition) is 0. The molecule has 1 unspecified atom stereocenters. The van der Waals surface area contributed by atoms with Crippen LogP contribution in [0.4, 0.5) is 0 Å². The smallest absolute Gasteiger partial charge is 0.125 e. The number of allylic oxidation sites excluding steroid dienone is 1. The van der Waals surface area contributed by atoms with Gasteiger partial charge in [0.2, 0.25) is 0 Å². The first-order valence-corrected chi connectivity index (χ1v) is 7.12. The minimum absolute atomic E-state index is 0.0815. The molecule has 1 atom stereocenters. The van der Waals surface area contributed by atoms with Crippen molar-refractivity contribution in [3.63, 3.8) is 0 Å². The number of thiophene rings is 1. The second-order valence-corrected chi connectivity index (χ2v) is 5.70. The molecule has 0 radical (unpaired) electrons. The summed E-state index contributed by atoms with van der Waals surface area (Å²) in [7, 11) is 0. The molecule has 0 saturated carbocycles. The Labute approximate surface area is 106 Å². The normalized spacial score (nSPS) is 24.6. The Kier molecular flexibility index (Phi) is 3.12. The van der Waals surface area contributed by atoms with Crippen LogP contribution in [0.15, 0.2) is 28.1 Å². The van der Waals surface area contributed by atoms with Crippen LogP contribution < -0.4 is 0 Å². The third-order valence-electron chi connectivity index (χ3n) is 3.36. The molecule has 0 spiro atoms. The summed E-state index contributed by atoms with van der Waals surface area (Å²) in [5.74, 6) is 0. The minimum Gasteiger partial charge on any atom is -0.367 e. The van der Waals surface area contributed by atoms with Gasteiger partial charge in [0.15, 0.2) is 0 Å². The maximum absolute atomic E-state index is 5.94. The third kappa shape index (κ3) is 2.22. The van der Waals surface area contributed by atoms with Crippen molar-refractivity contribution in [3.8, 4) is 0 Å². The van der Waals surface area contributed by atoms with Crippen LogP contribution in [0, 0.1) is 0 Å². The molecule has 2 aliphatic heterocycles. The van der Waals surface area contributed by atoms with Gasteiger partial charge >= 0.3 is 0 Å². The summed E-state index contributed by atoms with van der Waals surface area (Å²) in [6.07, 6.45) is 5.69. The van der Waals surface area contributed by atoms with Gasteiger partial charge in [0.1, 0.15) is 6.10 Å². The van der Waals surface area contributed by atoms with Crippen LogP contribution in [0.5, 0.6) is 0 Å². The summed E-state index contributed by atoms with van der Waals surface area (Å²) in [6, 6.07) is 2.19. The van der Waals surface area contributed by atoms with Crippen molar-refractivity contribution in [2.75, 3.05) is 13.2 Å². The number of fused-ring (bicyclic) bond motifs is 1. The van der Waals surface area contributed by atoms with Crippen LogP contribution in [-0.4, -0.2) is 18.9 Å². The van der Waals surface area contributed by atoms with Gasteiger partial charge in [-0.15, -0.1) is 11.3 Å². The lowest BCUT2D eigenvalue weighted by Gasteiger charge is -2.23. The van der Waals surface area contributed by atoms with Crippen LogP contribution in [-0.2, 0) is 11.2 Å². The van der Waals surface area contributed by atoms with Crippen molar-refractivity contribution in [3.05, 3.63) is 33.5 Å². The van der Waals surface area contributed by atoms with Gasteiger partial charge in [0.25, 0.3) is 0 Å². The number of nitrogens with zero attached hydrogens (tertiary/aromatic N) is 1. The quantitative estimate of drug-likeness (QED) is 0.743. The van der Waals surface area contributed by atoms with Crippen molar-refractivity contribution >= 4 is 17.0 Å². The van der Waals surface area contributed by atoms with Gasteiger partial charge in [0.05, 0.1) is 12.3 Å². The molecule has 1 aromatic heterocycles. The first-order chi connectivity index (χ1) is 8.34. The second-order valence-electron chi connectivity index (χ2n) is 4.70. The summed E-state index contributed by atoms with van der Waals surface area (Å²) < 4.78 is 5.94. The zero-order chi connectivity index (χ0) is 11.7. The lowest BCUT2D eigenvalue weighted by atomic mass is 10.0. The Hall–Kier alpha value is -0.930. The summed E-state index contributed by atoms with van der Waals surface area (Å²) >= 11 is 1.84. The molecule has 17 heavy (non-hydrogen) atoms. The van der Waals surface area contributed by atoms with E-state index in [0.29, 0.717) is 0 Å². The molecule has 2 aliphatic rings. The maximum Gasteiger partial charge on any atom is 0.125 e. The van der Waals surface area contributed by atoms with Gasteiger partial charge in [-0.1, -0.05) is 5.57 Å². The van der Waals surface area contributed by atoms with Crippen LogP contribution in [0.25, 0.3) is 0 Å². The second kappa shape index (κ2) is 4.75. The first-order valence-electron chi connectivity index (χ1n) is 6.24. The van der Waals surface area contributed by atoms with E-state index in [1.807, 2.05) is 11.3 Å². The molecule has 3 heterocycles. The first kappa shape index (κ1) is 11.2. The van der Waals surface area contributed by atoms with E-state index in [2.05, 4.69) is 24.4 Å². The molecule has 90 valence electrons. The SMILES string of the molecule is CC1=CC(C2OCCc3sccc32)=NCCC1. The predicted molar refractivity (Wildman–Crippen MR) is 72.0 cm³/mol. The van der Waals surface area contributed by atoms with Gasteiger partial charge in [-0.2, -0.15) is 0 Å². The molecule has 0 fully saturated rings. The van der Waals surface area contributed by atoms with E-state index in [4.69, 9.17) is 9.73 Å². The fraction of sp³-hybridized carbons (Fsp3) is 0.500. The monoisotopic (exact) mass is 247 g/mol. The molecule has 3 heteroatoms. The molecule has 0 aromatic carbocycles. The maximum atomic E-state index is 5.94. The highest BCUT2D eigenvalue weighted by Gasteiger charge is 2.25. The van der Waals surface area contributed by atoms with Crippen LogP contribution in [0.2, 0.25) is 0 Å². The van der Waals surface area contributed by atoms with Gasteiger partial charge in [0, 0.05) is 23.4 Å². The number of ether oxygens (including phenoxy) is 1. The molecule has 3 rings (SSSR count). The summed E-state index contributed by atoms with van der Waals surface area (Å²) in [6.45, 7) is 3.95. The Balaban J connectivity index is 1.95. The number of rotatable bonds is 1. The van der Waals surface area contributed by atoms with Crippen LogP contribution in [0.3, 0.4) is 0 Å². The largest absolute Gasteiger partial charge is 0.367 e. The van der Waals surface area contributed by atoms with E-state index in [0.717, 1.165) is 38.1 Å². The summed E-state index contributed by atoms with van der Waals surface area (Å²) in [5.41, 5.74) is 3.89. The Bertz CT molecular complexity index is 472. The average molecular weight is 247 g/mol. The van der Waals surface area contributed by atoms with Crippen molar-refractivity contribution in [1.82, 2.24) is 0 Å². The highest BCUT2D eigenvalue weighted by molar-refractivity contribution is 7.10. The van der Waals surface area contributed by atoms with Crippen molar-refractivity contribution in [2.45, 2.75) is 32.3 Å². The summed E-state index contributed by atoms with van der Waals surface area (Å²) in [5, 5.41) is 2.17. The molecule has 1 aromatic rings. The lowest BCUT2D eigenvalue weighted by Crippen LogP contribution is -2.21. The molecule has 2 nitrogen and oxygen atoms in total. The molecule has 0 bridgehead atoms. The van der Waals surface area contributed by atoms with Gasteiger partial charge in [-0.05, 0) is 37.3 Å². The molecular formula is C14H17NOS. The molecule has 0 saturated heterocycles. The van der Waals surface area contributed by atoms with E-state index < -0.39 is 0 Å². The van der Waals surface area contributed by atoms with Gasteiger partial charge in [-0.25, -0.2) is 0 Å².